The minimum absolute atomic E-state index is 0.0990. The molecular weight excluding hydrogens is 296 g/mol. The number of carbonyl (C=O) groups is 1. The van der Waals surface area contributed by atoms with E-state index in [0.717, 1.165) is 10.0 Å². The van der Waals surface area contributed by atoms with Gasteiger partial charge in [0.15, 0.2) is 0 Å². The van der Waals surface area contributed by atoms with Crippen molar-refractivity contribution >= 4 is 27.7 Å². The average Bonchev–Trinajstić information content (AvgIpc) is 2.72. The van der Waals surface area contributed by atoms with Gasteiger partial charge in [-0.25, -0.2) is 0 Å². The number of nitrogens with two attached hydrogens (primary N) is 1. The van der Waals surface area contributed by atoms with E-state index in [1.165, 1.54) is 4.68 Å². The van der Waals surface area contributed by atoms with E-state index < -0.39 is 0 Å². The van der Waals surface area contributed by atoms with Gasteiger partial charge in [-0.05, 0) is 23.8 Å². The summed E-state index contributed by atoms with van der Waals surface area (Å²) < 4.78 is 2.50. The first-order valence-corrected chi connectivity index (χ1v) is 6.23. The molecule has 0 aliphatic carbocycles. The molecule has 6 heteroatoms. The molecule has 1 aromatic heterocycles. The molecule has 0 spiro atoms. The second-order valence-electron chi connectivity index (χ2n) is 3.84. The lowest BCUT2D eigenvalue weighted by atomic mass is 10.2. The van der Waals surface area contributed by atoms with Crippen molar-refractivity contribution in [2.24, 2.45) is 0 Å². The fourth-order valence-electron chi connectivity index (χ4n) is 1.52. The summed E-state index contributed by atoms with van der Waals surface area (Å²) in [5.74, 6) is 0.313. The maximum atomic E-state index is 11.7. The number of aromatic nitrogens is 2. The summed E-state index contributed by atoms with van der Waals surface area (Å²) in [6.07, 6.45) is 1.67. The van der Waals surface area contributed by atoms with Crippen molar-refractivity contribution in [1.29, 1.82) is 0 Å². The van der Waals surface area contributed by atoms with Crippen molar-refractivity contribution in [1.82, 2.24) is 15.1 Å². The van der Waals surface area contributed by atoms with Gasteiger partial charge in [0.1, 0.15) is 12.4 Å². The molecule has 2 aromatic rings. The maximum absolute atomic E-state index is 11.7. The first-order valence-electron chi connectivity index (χ1n) is 5.43. The Bertz CT molecular complexity index is 553. The van der Waals surface area contributed by atoms with Gasteiger partial charge in [0.2, 0.25) is 5.91 Å². The monoisotopic (exact) mass is 308 g/mol. The smallest absolute Gasteiger partial charge is 0.241 e. The first kappa shape index (κ1) is 12.6. The van der Waals surface area contributed by atoms with Gasteiger partial charge in [-0.1, -0.05) is 28.1 Å². The van der Waals surface area contributed by atoms with E-state index in [1.54, 1.807) is 12.3 Å². The van der Waals surface area contributed by atoms with Crippen LogP contribution in [0.5, 0.6) is 0 Å². The van der Waals surface area contributed by atoms with Crippen LogP contribution in [0.4, 0.5) is 5.82 Å². The summed E-state index contributed by atoms with van der Waals surface area (Å²) in [6, 6.07) is 9.45. The largest absolute Gasteiger partial charge is 0.382 e. The molecular formula is C12H13BrN4O. The van der Waals surface area contributed by atoms with Gasteiger partial charge >= 0.3 is 0 Å². The van der Waals surface area contributed by atoms with E-state index in [0.29, 0.717) is 12.4 Å². The van der Waals surface area contributed by atoms with Gasteiger partial charge in [-0.2, -0.15) is 5.10 Å². The van der Waals surface area contributed by atoms with Gasteiger partial charge in [0.05, 0.1) is 0 Å². The summed E-state index contributed by atoms with van der Waals surface area (Å²) in [7, 11) is 0. The average molecular weight is 309 g/mol. The van der Waals surface area contributed by atoms with Crippen LogP contribution in [0.15, 0.2) is 41.0 Å². The van der Waals surface area contributed by atoms with Crippen molar-refractivity contribution in [3.8, 4) is 0 Å². The number of hydrogen-bond acceptors (Lipinski definition) is 3. The van der Waals surface area contributed by atoms with E-state index in [2.05, 4.69) is 26.3 Å². The normalized spacial score (nSPS) is 10.3. The molecule has 18 heavy (non-hydrogen) atoms. The van der Waals surface area contributed by atoms with E-state index in [4.69, 9.17) is 5.73 Å². The predicted octanol–water partition coefficient (Wildman–Crippen LogP) is 1.54. The Balaban J connectivity index is 1.85. The molecule has 2 rings (SSSR count). The Morgan fingerprint density at radius 2 is 2.28 bits per heavy atom. The number of carbonyl (C=O) groups excluding carboxylic acids is 1. The minimum atomic E-state index is -0.0990. The summed E-state index contributed by atoms with van der Waals surface area (Å²) in [4.78, 5) is 11.7. The van der Waals surface area contributed by atoms with Gasteiger partial charge in [0.25, 0.3) is 0 Å². The highest BCUT2D eigenvalue weighted by Crippen LogP contribution is 2.11. The van der Waals surface area contributed by atoms with Crippen LogP contribution in [0.1, 0.15) is 5.56 Å². The third-order valence-corrected chi connectivity index (χ3v) is 2.84. The molecule has 5 nitrogen and oxygen atoms in total. The number of nitrogen functional groups attached to an aromatic ring is 1. The molecule has 0 saturated heterocycles. The number of halogens is 1. The van der Waals surface area contributed by atoms with Crippen LogP contribution in [-0.2, 0) is 17.9 Å². The van der Waals surface area contributed by atoms with Crippen molar-refractivity contribution in [3.63, 3.8) is 0 Å². The predicted molar refractivity (Wildman–Crippen MR) is 72.6 cm³/mol. The lowest BCUT2D eigenvalue weighted by molar-refractivity contribution is -0.122. The van der Waals surface area contributed by atoms with Crippen molar-refractivity contribution in [3.05, 3.63) is 46.6 Å². The zero-order valence-electron chi connectivity index (χ0n) is 9.64. The van der Waals surface area contributed by atoms with Crippen LogP contribution >= 0.6 is 15.9 Å². The molecule has 0 fully saturated rings. The van der Waals surface area contributed by atoms with Gasteiger partial charge in [-0.15, -0.1) is 0 Å². The summed E-state index contributed by atoms with van der Waals surface area (Å²) in [5.41, 5.74) is 6.51. The number of nitrogens with one attached hydrogen (secondary N) is 1. The van der Waals surface area contributed by atoms with E-state index in [1.807, 2.05) is 24.3 Å². The fourth-order valence-corrected chi connectivity index (χ4v) is 1.96. The van der Waals surface area contributed by atoms with Gasteiger partial charge < -0.3 is 11.1 Å². The van der Waals surface area contributed by atoms with Gasteiger partial charge in [0, 0.05) is 17.2 Å². The highest BCUT2D eigenvalue weighted by atomic mass is 79.9. The molecule has 0 bridgehead atoms. The molecule has 0 radical (unpaired) electrons. The second-order valence-corrected chi connectivity index (χ2v) is 4.76. The lowest BCUT2D eigenvalue weighted by Crippen LogP contribution is -2.27. The molecule has 1 heterocycles. The summed E-state index contributed by atoms with van der Waals surface area (Å²) in [6.45, 7) is 0.667. The number of hydrogen-bond donors (Lipinski definition) is 2. The van der Waals surface area contributed by atoms with Crippen LogP contribution in [-0.4, -0.2) is 15.7 Å². The van der Waals surface area contributed by atoms with Crippen LogP contribution in [0.2, 0.25) is 0 Å². The van der Waals surface area contributed by atoms with Gasteiger partial charge in [-0.3, -0.25) is 9.48 Å². The minimum Gasteiger partial charge on any atom is -0.382 e. The summed E-state index contributed by atoms with van der Waals surface area (Å²) in [5, 5.41) is 6.77. The quantitative estimate of drug-likeness (QED) is 0.900. The van der Waals surface area contributed by atoms with E-state index in [9.17, 15) is 4.79 Å². The molecule has 1 amide bonds. The Labute approximate surface area is 113 Å². The highest BCUT2D eigenvalue weighted by Gasteiger charge is 2.03. The Hall–Kier alpha value is -1.82. The molecule has 1 aromatic carbocycles. The third-order valence-electron chi connectivity index (χ3n) is 2.35. The lowest BCUT2D eigenvalue weighted by Gasteiger charge is -2.05. The highest BCUT2D eigenvalue weighted by molar-refractivity contribution is 9.10. The second kappa shape index (κ2) is 5.68. The van der Waals surface area contributed by atoms with Crippen molar-refractivity contribution in [2.45, 2.75) is 13.1 Å². The van der Waals surface area contributed by atoms with E-state index >= 15 is 0 Å². The molecule has 0 aliphatic rings. The fraction of sp³-hybridized carbons (Fsp3) is 0.167. The third kappa shape index (κ3) is 3.59. The molecule has 0 unspecified atom stereocenters. The molecule has 0 aliphatic heterocycles. The van der Waals surface area contributed by atoms with Crippen LogP contribution in [0, 0.1) is 0 Å². The standard InChI is InChI=1S/C12H13BrN4O/c13-10-3-1-2-9(6-10)7-15-12(18)8-17-5-4-11(14)16-17/h1-6H,7-8H2,(H2,14,16)(H,15,18). The van der Waals surface area contributed by atoms with Crippen LogP contribution < -0.4 is 11.1 Å². The Kier molecular flexibility index (Phi) is 3.99. The number of nitrogens with zero attached hydrogens (tertiary/aromatic N) is 2. The van der Waals surface area contributed by atoms with Crippen molar-refractivity contribution < 1.29 is 4.79 Å². The zero-order valence-corrected chi connectivity index (χ0v) is 11.2. The van der Waals surface area contributed by atoms with E-state index in [-0.39, 0.29) is 12.5 Å². The van der Waals surface area contributed by atoms with Crippen LogP contribution in [0.25, 0.3) is 0 Å². The first-order chi connectivity index (χ1) is 8.63. The molecule has 94 valence electrons. The van der Waals surface area contributed by atoms with Crippen molar-refractivity contribution in [2.75, 3.05) is 5.73 Å². The molecule has 0 atom stereocenters. The molecule has 0 saturated carbocycles. The zero-order chi connectivity index (χ0) is 13.0. The Morgan fingerprint density at radius 3 is 2.94 bits per heavy atom. The maximum Gasteiger partial charge on any atom is 0.241 e. The molecule has 3 N–H and O–H groups in total. The number of rotatable bonds is 4. The van der Waals surface area contributed by atoms with Crippen LogP contribution in [0.3, 0.4) is 0 Å². The SMILES string of the molecule is Nc1ccn(CC(=O)NCc2cccc(Br)c2)n1. The Morgan fingerprint density at radius 1 is 1.44 bits per heavy atom. The number of benzene rings is 1. The summed E-state index contributed by atoms with van der Waals surface area (Å²) >= 11 is 3.38. The number of anilines is 1. The number of amides is 1. The topological polar surface area (TPSA) is 72.9 Å².